The molecule has 0 radical (unpaired) electrons. The van der Waals surface area contributed by atoms with Gasteiger partial charge in [-0.3, -0.25) is 9.48 Å². The molecule has 0 fully saturated rings. The highest BCUT2D eigenvalue weighted by Gasteiger charge is 2.19. The fourth-order valence-electron chi connectivity index (χ4n) is 1.10. The lowest BCUT2D eigenvalue weighted by molar-refractivity contribution is -0.141. The van der Waals surface area contributed by atoms with Gasteiger partial charge in [-0.25, -0.2) is 0 Å². The molecule has 0 aliphatic heterocycles. The molecule has 0 bridgehead atoms. The summed E-state index contributed by atoms with van der Waals surface area (Å²) in [7, 11) is 1.82. The standard InChI is InChI=1S/C9H15N3O2/c1-6(9(13)14)7(2)11-8-4-10-12(3)5-8/h4-7,11H,1-3H3,(H,13,14). The van der Waals surface area contributed by atoms with Crippen LogP contribution in [0.15, 0.2) is 12.4 Å². The molecule has 1 heterocycles. The number of aromatic nitrogens is 2. The van der Waals surface area contributed by atoms with E-state index in [2.05, 4.69) is 10.4 Å². The van der Waals surface area contributed by atoms with Gasteiger partial charge in [-0.15, -0.1) is 0 Å². The third-order valence-electron chi connectivity index (χ3n) is 2.24. The van der Waals surface area contributed by atoms with Crippen LogP contribution in [0.2, 0.25) is 0 Å². The quantitative estimate of drug-likeness (QED) is 0.753. The molecule has 0 aliphatic rings. The number of nitrogens with one attached hydrogen (secondary N) is 1. The lowest BCUT2D eigenvalue weighted by atomic mass is 10.0. The first-order valence-corrected chi connectivity index (χ1v) is 4.48. The zero-order valence-electron chi connectivity index (χ0n) is 8.56. The van der Waals surface area contributed by atoms with Crippen LogP contribution in [0.25, 0.3) is 0 Å². The number of carboxylic acid groups (broad SMARTS) is 1. The second kappa shape index (κ2) is 4.13. The predicted molar refractivity (Wildman–Crippen MR) is 53.1 cm³/mol. The molecule has 0 saturated heterocycles. The molecule has 0 aliphatic carbocycles. The summed E-state index contributed by atoms with van der Waals surface area (Å²) in [4.78, 5) is 10.7. The number of nitrogens with zero attached hydrogens (tertiary/aromatic N) is 2. The van der Waals surface area contributed by atoms with Crippen molar-refractivity contribution in [3.63, 3.8) is 0 Å². The highest BCUT2D eigenvalue weighted by Crippen LogP contribution is 2.11. The van der Waals surface area contributed by atoms with Crippen LogP contribution in [0.5, 0.6) is 0 Å². The predicted octanol–water partition coefficient (Wildman–Crippen LogP) is 0.941. The molecule has 14 heavy (non-hydrogen) atoms. The van der Waals surface area contributed by atoms with E-state index < -0.39 is 11.9 Å². The Morgan fingerprint density at radius 1 is 1.64 bits per heavy atom. The lowest BCUT2D eigenvalue weighted by Crippen LogP contribution is -2.29. The molecule has 1 aromatic heterocycles. The van der Waals surface area contributed by atoms with Gasteiger partial charge in [-0.1, -0.05) is 0 Å². The van der Waals surface area contributed by atoms with Crippen molar-refractivity contribution in [1.82, 2.24) is 9.78 Å². The lowest BCUT2D eigenvalue weighted by Gasteiger charge is -2.17. The Morgan fingerprint density at radius 2 is 2.29 bits per heavy atom. The molecule has 1 rings (SSSR count). The summed E-state index contributed by atoms with van der Waals surface area (Å²) in [6, 6.07) is -0.114. The van der Waals surface area contributed by atoms with Gasteiger partial charge in [0.15, 0.2) is 0 Å². The van der Waals surface area contributed by atoms with E-state index in [1.807, 2.05) is 20.2 Å². The Balaban J connectivity index is 2.56. The van der Waals surface area contributed by atoms with Gasteiger partial charge in [0.25, 0.3) is 0 Å². The average Bonchev–Trinajstić information content (AvgIpc) is 2.49. The van der Waals surface area contributed by atoms with Gasteiger partial charge in [-0.2, -0.15) is 5.10 Å². The summed E-state index contributed by atoms with van der Waals surface area (Å²) in [6.45, 7) is 3.52. The van der Waals surface area contributed by atoms with Crippen LogP contribution in [0, 0.1) is 5.92 Å². The molecule has 1 aromatic rings. The van der Waals surface area contributed by atoms with Crippen molar-refractivity contribution in [2.24, 2.45) is 13.0 Å². The van der Waals surface area contributed by atoms with E-state index in [9.17, 15) is 4.79 Å². The van der Waals surface area contributed by atoms with Crippen LogP contribution < -0.4 is 5.32 Å². The number of hydrogen-bond donors (Lipinski definition) is 2. The van der Waals surface area contributed by atoms with Crippen LogP contribution in [-0.2, 0) is 11.8 Å². The van der Waals surface area contributed by atoms with Gasteiger partial charge < -0.3 is 10.4 Å². The molecule has 5 heteroatoms. The van der Waals surface area contributed by atoms with E-state index in [4.69, 9.17) is 5.11 Å². The molecule has 2 atom stereocenters. The zero-order chi connectivity index (χ0) is 10.7. The van der Waals surface area contributed by atoms with E-state index in [1.165, 1.54) is 0 Å². The first-order valence-electron chi connectivity index (χ1n) is 4.48. The molecular weight excluding hydrogens is 182 g/mol. The van der Waals surface area contributed by atoms with Crippen molar-refractivity contribution < 1.29 is 9.90 Å². The number of rotatable bonds is 4. The van der Waals surface area contributed by atoms with E-state index in [0.717, 1.165) is 5.69 Å². The topological polar surface area (TPSA) is 67.2 Å². The van der Waals surface area contributed by atoms with Gasteiger partial charge in [-0.05, 0) is 13.8 Å². The summed E-state index contributed by atoms with van der Waals surface area (Å²) in [6.07, 6.45) is 3.48. The van der Waals surface area contributed by atoms with Gasteiger partial charge in [0.1, 0.15) is 0 Å². The Labute approximate surface area is 82.7 Å². The summed E-state index contributed by atoms with van der Waals surface area (Å²) in [5.74, 6) is -1.22. The van der Waals surface area contributed by atoms with Gasteiger partial charge in [0.05, 0.1) is 17.8 Å². The summed E-state index contributed by atoms with van der Waals surface area (Å²) in [5, 5.41) is 15.8. The minimum atomic E-state index is -0.797. The van der Waals surface area contributed by atoms with Crippen molar-refractivity contribution in [3.05, 3.63) is 12.4 Å². The van der Waals surface area contributed by atoms with E-state index >= 15 is 0 Å². The Hall–Kier alpha value is -1.52. The molecule has 0 saturated carbocycles. The van der Waals surface area contributed by atoms with Crippen molar-refractivity contribution >= 4 is 11.7 Å². The number of aryl methyl sites for hydroxylation is 1. The molecule has 2 N–H and O–H groups in total. The van der Waals surface area contributed by atoms with Crippen LogP contribution in [0.3, 0.4) is 0 Å². The Kier molecular flexibility index (Phi) is 3.11. The number of carbonyl (C=O) groups is 1. The molecule has 0 aromatic carbocycles. The maximum Gasteiger partial charge on any atom is 0.308 e. The Bertz CT molecular complexity index is 322. The van der Waals surface area contributed by atoms with Gasteiger partial charge in [0, 0.05) is 19.3 Å². The number of aliphatic carboxylic acids is 1. The second-order valence-electron chi connectivity index (χ2n) is 3.46. The maximum absolute atomic E-state index is 10.7. The van der Waals surface area contributed by atoms with Crippen LogP contribution in [0.1, 0.15) is 13.8 Å². The smallest absolute Gasteiger partial charge is 0.308 e. The summed E-state index contributed by atoms with van der Waals surface area (Å²) in [5.41, 5.74) is 0.841. The van der Waals surface area contributed by atoms with Crippen LogP contribution in [-0.4, -0.2) is 26.9 Å². The highest BCUT2D eigenvalue weighted by molar-refractivity contribution is 5.71. The van der Waals surface area contributed by atoms with Crippen LogP contribution >= 0.6 is 0 Å². The van der Waals surface area contributed by atoms with Crippen molar-refractivity contribution in [2.75, 3.05) is 5.32 Å². The third-order valence-corrected chi connectivity index (χ3v) is 2.24. The molecule has 5 nitrogen and oxygen atoms in total. The van der Waals surface area contributed by atoms with Crippen molar-refractivity contribution in [1.29, 1.82) is 0 Å². The Morgan fingerprint density at radius 3 is 2.71 bits per heavy atom. The van der Waals surface area contributed by atoms with Gasteiger partial charge >= 0.3 is 5.97 Å². The number of hydrogen-bond acceptors (Lipinski definition) is 3. The third kappa shape index (κ3) is 2.48. The van der Waals surface area contributed by atoms with E-state index in [1.54, 1.807) is 17.8 Å². The molecule has 2 unspecified atom stereocenters. The first-order chi connectivity index (χ1) is 6.50. The average molecular weight is 197 g/mol. The minimum absolute atomic E-state index is 0.114. The summed E-state index contributed by atoms with van der Waals surface area (Å²) >= 11 is 0. The molecule has 78 valence electrons. The fourth-order valence-corrected chi connectivity index (χ4v) is 1.10. The fraction of sp³-hybridized carbons (Fsp3) is 0.556. The minimum Gasteiger partial charge on any atom is -0.481 e. The largest absolute Gasteiger partial charge is 0.481 e. The van der Waals surface area contributed by atoms with E-state index in [-0.39, 0.29) is 6.04 Å². The first kappa shape index (κ1) is 10.6. The number of carboxylic acids is 1. The normalized spacial score (nSPS) is 14.8. The molecule has 0 spiro atoms. The number of anilines is 1. The summed E-state index contributed by atoms with van der Waals surface area (Å²) < 4.78 is 1.67. The zero-order valence-corrected chi connectivity index (χ0v) is 8.56. The monoisotopic (exact) mass is 197 g/mol. The second-order valence-corrected chi connectivity index (χ2v) is 3.46. The highest BCUT2D eigenvalue weighted by atomic mass is 16.4. The van der Waals surface area contributed by atoms with E-state index in [0.29, 0.717) is 0 Å². The maximum atomic E-state index is 10.7. The molecular formula is C9H15N3O2. The van der Waals surface area contributed by atoms with Gasteiger partial charge in [0.2, 0.25) is 0 Å². The SMILES string of the molecule is CC(Nc1cnn(C)c1)C(C)C(=O)O. The van der Waals surface area contributed by atoms with Crippen LogP contribution in [0.4, 0.5) is 5.69 Å². The molecule has 0 amide bonds. The van der Waals surface area contributed by atoms with Crippen molar-refractivity contribution in [3.8, 4) is 0 Å². The van der Waals surface area contributed by atoms with Crippen molar-refractivity contribution in [2.45, 2.75) is 19.9 Å².